The Morgan fingerprint density at radius 1 is 1.20 bits per heavy atom. The summed E-state index contributed by atoms with van der Waals surface area (Å²) < 4.78 is 1.38. The van der Waals surface area contributed by atoms with E-state index in [9.17, 15) is 9.59 Å². The Hall–Kier alpha value is -3.22. The number of hydrogen-bond acceptors (Lipinski definition) is 4. The quantitative estimate of drug-likeness (QED) is 0.746. The molecule has 0 radical (unpaired) electrons. The molecule has 2 aromatic heterocycles. The molecule has 7 heteroatoms. The van der Waals surface area contributed by atoms with E-state index in [4.69, 9.17) is 5.73 Å². The molecule has 0 unspecified atom stereocenters. The number of rotatable bonds is 3. The van der Waals surface area contributed by atoms with Gasteiger partial charge in [0.05, 0.1) is 5.69 Å². The van der Waals surface area contributed by atoms with Gasteiger partial charge in [-0.05, 0) is 37.0 Å². The monoisotopic (exact) mass is 335 g/mol. The molecule has 4 rings (SSSR count). The fraction of sp³-hybridized carbons (Fsp3) is 0.222. The first kappa shape index (κ1) is 15.3. The molecule has 1 aliphatic carbocycles. The van der Waals surface area contributed by atoms with E-state index in [-0.39, 0.29) is 17.5 Å². The summed E-state index contributed by atoms with van der Waals surface area (Å²) in [5.74, 6) is -0.854. The standard InChI is InChI=1S/C18H17N5O2/c1-10-15(16(19)24)17-20-7-6-14(23(17)22-10)18(25)21-13-8-11-4-2-3-5-12(11)9-13/h2-7,13H,8-9H2,1H3,(H2,19,24)(H,21,25). The zero-order valence-corrected chi connectivity index (χ0v) is 13.7. The third-order valence-electron chi connectivity index (χ3n) is 4.56. The van der Waals surface area contributed by atoms with Crippen molar-refractivity contribution in [1.29, 1.82) is 0 Å². The van der Waals surface area contributed by atoms with Gasteiger partial charge in [-0.1, -0.05) is 24.3 Å². The normalized spacial score (nSPS) is 13.8. The summed E-state index contributed by atoms with van der Waals surface area (Å²) in [6.45, 7) is 1.67. The number of fused-ring (bicyclic) bond motifs is 2. The van der Waals surface area contributed by atoms with Crippen LogP contribution in [0.2, 0.25) is 0 Å². The number of nitrogens with zero attached hydrogens (tertiary/aromatic N) is 3. The van der Waals surface area contributed by atoms with Gasteiger partial charge in [0.2, 0.25) is 0 Å². The van der Waals surface area contributed by atoms with E-state index in [2.05, 4.69) is 27.5 Å². The Morgan fingerprint density at radius 3 is 2.52 bits per heavy atom. The number of aryl methyl sites for hydroxylation is 1. The van der Waals surface area contributed by atoms with Gasteiger partial charge >= 0.3 is 0 Å². The summed E-state index contributed by atoms with van der Waals surface area (Å²) in [5, 5.41) is 7.31. The predicted octanol–water partition coefficient (Wildman–Crippen LogP) is 1.03. The third kappa shape index (κ3) is 2.53. The molecule has 0 saturated carbocycles. The fourth-order valence-corrected chi connectivity index (χ4v) is 3.43. The highest BCUT2D eigenvalue weighted by molar-refractivity contribution is 6.01. The van der Waals surface area contributed by atoms with E-state index >= 15 is 0 Å². The number of carbonyl (C=O) groups excluding carboxylic acids is 2. The number of hydrogen-bond donors (Lipinski definition) is 2. The Balaban J connectivity index is 1.63. The SMILES string of the molecule is Cc1nn2c(C(=O)NC3Cc4ccccc4C3)ccnc2c1C(N)=O. The van der Waals surface area contributed by atoms with Crippen molar-refractivity contribution in [2.45, 2.75) is 25.8 Å². The molecule has 0 atom stereocenters. The molecule has 3 N–H and O–H groups in total. The second kappa shape index (κ2) is 5.70. The van der Waals surface area contributed by atoms with E-state index in [1.165, 1.54) is 21.8 Å². The Labute approximate surface area is 143 Å². The molecular weight excluding hydrogens is 318 g/mol. The predicted molar refractivity (Wildman–Crippen MR) is 91.3 cm³/mol. The van der Waals surface area contributed by atoms with Crippen molar-refractivity contribution in [2.24, 2.45) is 5.73 Å². The second-order valence-corrected chi connectivity index (χ2v) is 6.24. The lowest BCUT2D eigenvalue weighted by atomic mass is 10.1. The lowest BCUT2D eigenvalue weighted by Crippen LogP contribution is -2.36. The highest BCUT2D eigenvalue weighted by Gasteiger charge is 2.25. The maximum absolute atomic E-state index is 12.7. The van der Waals surface area contributed by atoms with Crippen LogP contribution in [-0.2, 0) is 12.8 Å². The number of nitrogens with one attached hydrogen (secondary N) is 1. The zero-order chi connectivity index (χ0) is 17.6. The molecule has 1 aliphatic rings. The van der Waals surface area contributed by atoms with Gasteiger partial charge in [-0.3, -0.25) is 9.59 Å². The van der Waals surface area contributed by atoms with E-state index in [1.54, 1.807) is 13.0 Å². The van der Waals surface area contributed by atoms with Gasteiger partial charge in [-0.15, -0.1) is 0 Å². The first-order chi connectivity index (χ1) is 12.0. The summed E-state index contributed by atoms with van der Waals surface area (Å²) in [7, 11) is 0. The molecule has 2 heterocycles. The van der Waals surface area contributed by atoms with Gasteiger partial charge in [-0.25, -0.2) is 9.50 Å². The van der Waals surface area contributed by atoms with Crippen LogP contribution in [0.1, 0.15) is 37.7 Å². The summed E-state index contributed by atoms with van der Waals surface area (Å²) in [6.07, 6.45) is 3.10. The number of carbonyl (C=O) groups is 2. The maximum atomic E-state index is 12.7. The summed E-state index contributed by atoms with van der Waals surface area (Å²) in [4.78, 5) is 28.5. The van der Waals surface area contributed by atoms with Crippen LogP contribution < -0.4 is 11.1 Å². The molecular formula is C18H17N5O2. The highest BCUT2D eigenvalue weighted by atomic mass is 16.2. The van der Waals surface area contributed by atoms with Crippen molar-refractivity contribution >= 4 is 17.5 Å². The molecule has 0 saturated heterocycles. The smallest absolute Gasteiger partial charge is 0.270 e. The molecule has 25 heavy (non-hydrogen) atoms. The molecule has 1 aromatic carbocycles. The average Bonchev–Trinajstić information content (AvgIpc) is 3.13. The van der Waals surface area contributed by atoms with Crippen molar-refractivity contribution < 1.29 is 9.59 Å². The molecule has 126 valence electrons. The summed E-state index contributed by atoms with van der Waals surface area (Å²) in [6, 6.07) is 9.81. The van der Waals surface area contributed by atoms with Crippen LogP contribution in [0.5, 0.6) is 0 Å². The lowest BCUT2D eigenvalue weighted by Gasteiger charge is -2.12. The van der Waals surface area contributed by atoms with Crippen LogP contribution >= 0.6 is 0 Å². The van der Waals surface area contributed by atoms with Crippen molar-refractivity contribution in [3.8, 4) is 0 Å². The van der Waals surface area contributed by atoms with Crippen molar-refractivity contribution in [3.63, 3.8) is 0 Å². The summed E-state index contributed by atoms with van der Waals surface area (Å²) in [5.41, 5.74) is 9.24. The minimum Gasteiger partial charge on any atom is -0.365 e. The van der Waals surface area contributed by atoms with Gasteiger partial charge in [0.1, 0.15) is 11.3 Å². The van der Waals surface area contributed by atoms with Crippen molar-refractivity contribution in [3.05, 3.63) is 64.6 Å². The highest BCUT2D eigenvalue weighted by Crippen LogP contribution is 2.22. The van der Waals surface area contributed by atoms with Gasteiger partial charge in [0.25, 0.3) is 11.8 Å². The van der Waals surface area contributed by atoms with Crippen LogP contribution in [0.3, 0.4) is 0 Å². The van der Waals surface area contributed by atoms with E-state index in [0.29, 0.717) is 17.0 Å². The van der Waals surface area contributed by atoms with Crippen LogP contribution in [0, 0.1) is 6.92 Å². The third-order valence-corrected chi connectivity index (χ3v) is 4.56. The van der Waals surface area contributed by atoms with Gasteiger partial charge < -0.3 is 11.1 Å². The number of nitrogens with two attached hydrogens (primary N) is 1. The number of primary amides is 1. The summed E-state index contributed by atoms with van der Waals surface area (Å²) >= 11 is 0. The molecule has 0 aliphatic heterocycles. The van der Waals surface area contributed by atoms with Crippen LogP contribution in [0.4, 0.5) is 0 Å². The number of benzene rings is 1. The van der Waals surface area contributed by atoms with Crippen molar-refractivity contribution in [2.75, 3.05) is 0 Å². The van der Waals surface area contributed by atoms with Gasteiger partial charge in [-0.2, -0.15) is 5.10 Å². The lowest BCUT2D eigenvalue weighted by molar-refractivity contribution is 0.0929. The first-order valence-electron chi connectivity index (χ1n) is 8.06. The largest absolute Gasteiger partial charge is 0.365 e. The fourth-order valence-electron chi connectivity index (χ4n) is 3.43. The van der Waals surface area contributed by atoms with Crippen molar-refractivity contribution in [1.82, 2.24) is 19.9 Å². The molecule has 3 aromatic rings. The molecule has 7 nitrogen and oxygen atoms in total. The average molecular weight is 335 g/mol. The molecule has 0 bridgehead atoms. The van der Waals surface area contributed by atoms with Crippen LogP contribution in [0.15, 0.2) is 36.5 Å². The first-order valence-corrected chi connectivity index (χ1v) is 8.06. The number of amides is 2. The van der Waals surface area contributed by atoms with E-state index < -0.39 is 5.91 Å². The van der Waals surface area contributed by atoms with Crippen LogP contribution in [-0.4, -0.2) is 32.5 Å². The minimum absolute atomic E-state index is 0.0420. The maximum Gasteiger partial charge on any atom is 0.270 e. The Kier molecular flexibility index (Phi) is 3.49. The topological polar surface area (TPSA) is 102 Å². The van der Waals surface area contributed by atoms with E-state index in [1.807, 2.05) is 12.1 Å². The molecule has 2 amide bonds. The van der Waals surface area contributed by atoms with Gasteiger partial charge in [0, 0.05) is 12.2 Å². The molecule has 0 spiro atoms. The van der Waals surface area contributed by atoms with Crippen LogP contribution in [0.25, 0.3) is 5.65 Å². The van der Waals surface area contributed by atoms with E-state index in [0.717, 1.165) is 12.8 Å². The number of aromatic nitrogens is 3. The van der Waals surface area contributed by atoms with Gasteiger partial charge in [0.15, 0.2) is 5.65 Å². The molecule has 0 fully saturated rings. The Bertz CT molecular complexity index is 983. The second-order valence-electron chi connectivity index (χ2n) is 6.24. The zero-order valence-electron chi connectivity index (χ0n) is 13.7. The minimum atomic E-state index is -0.608. The Morgan fingerprint density at radius 2 is 1.88 bits per heavy atom.